The number of aliphatic imine (C=N–C) groups is 1. The minimum absolute atomic E-state index is 0. The highest BCUT2D eigenvalue weighted by Gasteiger charge is 2.50. The molecule has 26 heavy (non-hydrogen) atoms. The molecule has 0 aromatic heterocycles. The van der Waals surface area contributed by atoms with Crippen LogP contribution in [-0.2, 0) is 14.8 Å². The zero-order valence-electron chi connectivity index (χ0n) is 14.6. The van der Waals surface area contributed by atoms with Crippen LogP contribution < -0.4 is 16.0 Å². The Hall–Kier alpha value is -0.830. The standard InChI is InChI=1S/C13H24F3N5O3S.HI/c1-3-17-12(19-7-6-18-10(2)22)20-11-4-8-21(9-5-11)25(23,24)13(14,15)16;/h11H,3-9H2,1-2H3,(H,18,22)(H2,17,19,20);1H. The van der Waals surface area contributed by atoms with Gasteiger partial charge < -0.3 is 16.0 Å². The number of guanidine groups is 1. The van der Waals surface area contributed by atoms with Crippen LogP contribution >= 0.6 is 24.0 Å². The van der Waals surface area contributed by atoms with Gasteiger partial charge in [0.15, 0.2) is 5.96 Å². The predicted octanol–water partition coefficient (Wildman–Crippen LogP) is 0.610. The first kappa shape index (κ1) is 25.2. The van der Waals surface area contributed by atoms with Crippen molar-refractivity contribution >= 4 is 45.9 Å². The Kier molecular flexibility index (Phi) is 10.8. The first-order chi connectivity index (χ1) is 11.6. The van der Waals surface area contributed by atoms with Gasteiger partial charge in [-0.3, -0.25) is 9.79 Å². The maximum atomic E-state index is 12.6. The number of piperidine rings is 1. The van der Waals surface area contributed by atoms with Crippen molar-refractivity contribution in [2.24, 2.45) is 4.99 Å². The van der Waals surface area contributed by atoms with Gasteiger partial charge in [-0.2, -0.15) is 17.5 Å². The number of halogens is 4. The van der Waals surface area contributed by atoms with Crippen molar-refractivity contribution in [3.8, 4) is 0 Å². The van der Waals surface area contributed by atoms with Gasteiger partial charge in [0.05, 0.1) is 6.54 Å². The highest BCUT2D eigenvalue weighted by Crippen LogP contribution is 2.28. The van der Waals surface area contributed by atoms with Gasteiger partial charge >= 0.3 is 15.5 Å². The average molecular weight is 515 g/mol. The van der Waals surface area contributed by atoms with Crippen LogP contribution in [0.2, 0.25) is 0 Å². The lowest BCUT2D eigenvalue weighted by Crippen LogP contribution is -2.51. The molecule has 1 heterocycles. The number of carbonyl (C=O) groups excluding carboxylic acids is 1. The van der Waals surface area contributed by atoms with Crippen LogP contribution in [0.25, 0.3) is 0 Å². The third kappa shape index (κ3) is 7.82. The first-order valence-electron chi connectivity index (χ1n) is 7.93. The largest absolute Gasteiger partial charge is 0.511 e. The molecule has 1 aliphatic heterocycles. The number of hydrogen-bond donors (Lipinski definition) is 3. The molecule has 0 bridgehead atoms. The van der Waals surface area contributed by atoms with Crippen LogP contribution in [0.3, 0.4) is 0 Å². The Bertz CT molecular complexity index is 578. The molecule has 0 atom stereocenters. The summed E-state index contributed by atoms with van der Waals surface area (Å²) in [4.78, 5) is 15.0. The number of alkyl halides is 3. The van der Waals surface area contributed by atoms with Crippen LogP contribution in [0.5, 0.6) is 0 Å². The summed E-state index contributed by atoms with van der Waals surface area (Å²) in [5.74, 6) is 0.316. The van der Waals surface area contributed by atoms with Crippen molar-refractivity contribution < 1.29 is 26.4 Å². The molecule has 0 aromatic rings. The topological polar surface area (TPSA) is 103 Å². The summed E-state index contributed by atoms with van der Waals surface area (Å²) >= 11 is 0. The molecule has 0 spiro atoms. The monoisotopic (exact) mass is 515 g/mol. The molecule has 0 aromatic carbocycles. The number of nitrogens with zero attached hydrogens (tertiary/aromatic N) is 2. The zero-order valence-corrected chi connectivity index (χ0v) is 17.7. The fourth-order valence-corrected chi connectivity index (χ4v) is 3.28. The molecule has 154 valence electrons. The van der Waals surface area contributed by atoms with Gasteiger partial charge in [0.1, 0.15) is 0 Å². The molecule has 0 radical (unpaired) electrons. The maximum Gasteiger partial charge on any atom is 0.511 e. The third-order valence-electron chi connectivity index (χ3n) is 3.53. The predicted molar refractivity (Wildman–Crippen MR) is 103 cm³/mol. The normalized spacial score (nSPS) is 17.3. The lowest BCUT2D eigenvalue weighted by atomic mass is 10.1. The number of hydrogen-bond acceptors (Lipinski definition) is 4. The summed E-state index contributed by atoms with van der Waals surface area (Å²) in [5.41, 5.74) is -5.27. The van der Waals surface area contributed by atoms with Crippen molar-refractivity contribution in [1.82, 2.24) is 20.3 Å². The summed E-state index contributed by atoms with van der Waals surface area (Å²) in [6, 6.07) is -0.182. The number of nitrogens with one attached hydrogen (secondary N) is 3. The summed E-state index contributed by atoms with van der Waals surface area (Å²) in [6.07, 6.45) is 0.483. The molecule has 1 saturated heterocycles. The van der Waals surface area contributed by atoms with Crippen molar-refractivity contribution in [2.75, 3.05) is 32.7 Å². The molecule has 0 saturated carbocycles. The van der Waals surface area contributed by atoms with E-state index in [1.54, 1.807) is 0 Å². The van der Waals surface area contributed by atoms with Crippen LogP contribution in [0.4, 0.5) is 13.2 Å². The van der Waals surface area contributed by atoms with Gasteiger partial charge in [0.25, 0.3) is 0 Å². The second-order valence-electron chi connectivity index (χ2n) is 5.51. The van der Waals surface area contributed by atoms with E-state index < -0.39 is 15.5 Å². The molecular formula is C13H25F3IN5O3S. The van der Waals surface area contributed by atoms with E-state index in [2.05, 4.69) is 20.9 Å². The summed E-state index contributed by atoms with van der Waals surface area (Å²) in [6.45, 7) is 4.16. The Morgan fingerprint density at radius 2 is 1.81 bits per heavy atom. The molecule has 1 aliphatic rings. The molecule has 1 rings (SSSR count). The summed E-state index contributed by atoms with van der Waals surface area (Å²) < 4.78 is 60.9. The molecule has 1 amide bonds. The lowest BCUT2D eigenvalue weighted by Gasteiger charge is -2.32. The van der Waals surface area contributed by atoms with E-state index in [0.717, 1.165) is 0 Å². The fraction of sp³-hybridized carbons (Fsp3) is 0.846. The van der Waals surface area contributed by atoms with E-state index in [0.29, 0.717) is 29.9 Å². The highest BCUT2D eigenvalue weighted by molar-refractivity contribution is 14.0. The summed E-state index contributed by atoms with van der Waals surface area (Å²) in [5, 5.41) is 8.68. The van der Waals surface area contributed by atoms with Crippen molar-refractivity contribution in [2.45, 2.75) is 38.2 Å². The van der Waals surface area contributed by atoms with E-state index in [1.807, 2.05) is 6.92 Å². The van der Waals surface area contributed by atoms with Crippen LogP contribution in [0, 0.1) is 0 Å². The zero-order chi connectivity index (χ0) is 19.1. The van der Waals surface area contributed by atoms with E-state index in [4.69, 9.17) is 0 Å². The van der Waals surface area contributed by atoms with Gasteiger partial charge in [-0.1, -0.05) is 0 Å². The van der Waals surface area contributed by atoms with Crippen molar-refractivity contribution in [3.63, 3.8) is 0 Å². The molecule has 0 aliphatic carbocycles. The van der Waals surface area contributed by atoms with Crippen molar-refractivity contribution in [1.29, 1.82) is 0 Å². The molecule has 13 heteroatoms. The molecule has 3 N–H and O–H groups in total. The fourth-order valence-electron chi connectivity index (χ4n) is 2.30. The average Bonchev–Trinajstić information content (AvgIpc) is 2.51. The van der Waals surface area contributed by atoms with E-state index in [9.17, 15) is 26.4 Å². The quantitative estimate of drug-likeness (QED) is 0.208. The SMILES string of the molecule is CCNC(=NCCNC(C)=O)NC1CCN(S(=O)(=O)C(F)(F)F)CC1.I. The smallest absolute Gasteiger partial charge is 0.357 e. The second-order valence-corrected chi connectivity index (χ2v) is 7.44. The second kappa shape index (κ2) is 11.1. The van der Waals surface area contributed by atoms with Gasteiger partial charge in [0.2, 0.25) is 5.91 Å². The van der Waals surface area contributed by atoms with Gasteiger partial charge in [-0.25, -0.2) is 8.42 Å². The van der Waals surface area contributed by atoms with Gasteiger partial charge in [0, 0.05) is 39.1 Å². The minimum Gasteiger partial charge on any atom is -0.357 e. The minimum atomic E-state index is -5.27. The number of amides is 1. The van der Waals surface area contributed by atoms with E-state index >= 15 is 0 Å². The van der Waals surface area contributed by atoms with E-state index in [1.165, 1.54) is 6.92 Å². The number of carbonyl (C=O) groups is 1. The van der Waals surface area contributed by atoms with E-state index in [-0.39, 0.29) is 61.9 Å². The lowest BCUT2D eigenvalue weighted by molar-refractivity contribution is -0.118. The van der Waals surface area contributed by atoms with Crippen LogP contribution in [0.1, 0.15) is 26.7 Å². The van der Waals surface area contributed by atoms with Crippen LogP contribution in [0.15, 0.2) is 4.99 Å². The first-order valence-corrected chi connectivity index (χ1v) is 9.37. The van der Waals surface area contributed by atoms with Gasteiger partial charge in [-0.15, -0.1) is 24.0 Å². The Labute approximate surface area is 168 Å². The molecular weight excluding hydrogens is 490 g/mol. The molecule has 0 unspecified atom stereocenters. The number of rotatable bonds is 6. The number of sulfonamides is 1. The third-order valence-corrected chi connectivity index (χ3v) is 5.16. The summed E-state index contributed by atoms with van der Waals surface area (Å²) in [7, 11) is -5.27. The van der Waals surface area contributed by atoms with Gasteiger partial charge in [-0.05, 0) is 19.8 Å². The Morgan fingerprint density at radius 1 is 1.23 bits per heavy atom. The Morgan fingerprint density at radius 3 is 2.27 bits per heavy atom. The van der Waals surface area contributed by atoms with Crippen molar-refractivity contribution in [3.05, 3.63) is 0 Å². The maximum absolute atomic E-state index is 12.6. The van der Waals surface area contributed by atoms with Crippen LogP contribution in [-0.4, -0.2) is 68.9 Å². The Balaban J connectivity index is 0.00000625. The molecule has 1 fully saturated rings. The highest BCUT2D eigenvalue weighted by atomic mass is 127. The molecule has 8 nitrogen and oxygen atoms in total.